The highest BCUT2D eigenvalue weighted by molar-refractivity contribution is 9.09. The van der Waals surface area contributed by atoms with Gasteiger partial charge >= 0.3 is 5.97 Å². The number of methoxy groups -OCH3 is 1. The number of carbonyl (C=O) groups is 2. The van der Waals surface area contributed by atoms with Crippen LogP contribution >= 0.6 is 15.9 Å². The molecule has 110 valence electrons. The van der Waals surface area contributed by atoms with E-state index in [-0.39, 0.29) is 28.4 Å². The van der Waals surface area contributed by atoms with Crippen LogP contribution < -0.4 is 0 Å². The molecule has 3 nitrogen and oxygen atoms in total. The molecule has 0 N–H and O–H groups in total. The normalized spacial score (nSPS) is 15.2. The van der Waals surface area contributed by atoms with Crippen LogP contribution in [0.2, 0.25) is 0 Å². The Labute approximate surface area is 128 Å². The molecule has 3 atom stereocenters. The molecule has 1 aromatic rings. The Kier molecular flexibility index (Phi) is 6.93. The topological polar surface area (TPSA) is 43.4 Å². The van der Waals surface area contributed by atoms with Crippen LogP contribution in [0, 0.1) is 11.8 Å². The number of rotatable bonds is 7. The van der Waals surface area contributed by atoms with Gasteiger partial charge in [-0.05, 0) is 25.3 Å². The van der Waals surface area contributed by atoms with E-state index in [1.807, 2.05) is 30.3 Å². The van der Waals surface area contributed by atoms with Gasteiger partial charge in [-0.25, -0.2) is 0 Å². The van der Waals surface area contributed by atoms with Crippen LogP contribution in [0.1, 0.15) is 37.1 Å². The van der Waals surface area contributed by atoms with Gasteiger partial charge in [-0.3, -0.25) is 9.59 Å². The van der Waals surface area contributed by atoms with Crippen molar-refractivity contribution in [1.82, 2.24) is 0 Å². The van der Waals surface area contributed by atoms with E-state index in [0.717, 1.165) is 5.56 Å². The van der Waals surface area contributed by atoms with Crippen molar-refractivity contribution in [2.75, 3.05) is 7.11 Å². The zero-order valence-corrected chi connectivity index (χ0v) is 13.7. The lowest BCUT2D eigenvalue weighted by Gasteiger charge is -2.20. The Balaban J connectivity index is 2.68. The second kappa shape index (κ2) is 8.20. The number of benzene rings is 1. The van der Waals surface area contributed by atoms with Gasteiger partial charge in [0.25, 0.3) is 0 Å². The third-order valence-corrected chi connectivity index (χ3v) is 4.37. The van der Waals surface area contributed by atoms with Gasteiger partial charge in [0.2, 0.25) is 0 Å². The first-order valence-electron chi connectivity index (χ1n) is 6.73. The highest BCUT2D eigenvalue weighted by Gasteiger charge is 2.25. The number of hydrogen-bond donors (Lipinski definition) is 0. The van der Waals surface area contributed by atoms with E-state index in [9.17, 15) is 9.59 Å². The molecule has 20 heavy (non-hydrogen) atoms. The number of carbonyl (C=O) groups excluding carboxylic acids is 2. The van der Waals surface area contributed by atoms with Gasteiger partial charge in [0.05, 0.1) is 13.0 Å². The molecule has 0 fully saturated rings. The second-order valence-corrected chi connectivity index (χ2v) is 6.19. The Morgan fingerprint density at radius 3 is 2.30 bits per heavy atom. The average molecular weight is 341 g/mol. The molecule has 0 heterocycles. The largest absolute Gasteiger partial charge is 0.469 e. The number of ether oxygens (including phenoxy) is 1. The molecule has 0 amide bonds. The highest BCUT2D eigenvalue weighted by Crippen LogP contribution is 2.32. The minimum Gasteiger partial charge on any atom is -0.469 e. The lowest BCUT2D eigenvalue weighted by atomic mass is 9.88. The van der Waals surface area contributed by atoms with Crippen LogP contribution in [-0.2, 0) is 14.3 Å². The summed E-state index contributed by atoms with van der Waals surface area (Å²) in [4.78, 5) is 23.4. The van der Waals surface area contributed by atoms with Crippen LogP contribution in [0.25, 0.3) is 0 Å². The molecular weight excluding hydrogens is 320 g/mol. The van der Waals surface area contributed by atoms with Crippen LogP contribution in [-0.4, -0.2) is 18.9 Å². The van der Waals surface area contributed by atoms with Gasteiger partial charge in [-0.1, -0.05) is 53.2 Å². The predicted molar refractivity (Wildman–Crippen MR) is 82.7 cm³/mol. The molecule has 0 aliphatic heterocycles. The van der Waals surface area contributed by atoms with Gasteiger partial charge in [0.1, 0.15) is 5.78 Å². The monoisotopic (exact) mass is 340 g/mol. The molecule has 0 bridgehead atoms. The minimum absolute atomic E-state index is 0.112. The smallest absolute Gasteiger partial charge is 0.308 e. The summed E-state index contributed by atoms with van der Waals surface area (Å²) in [6, 6.07) is 9.97. The first kappa shape index (κ1) is 16.9. The zero-order chi connectivity index (χ0) is 15.1. The van der Waals surface area contributed by atoms with E-state index in [2.05, 4.69) is 15.9 Å². The fourth-order valence-corrected chi connectivity index (χ4v) is 2.96. The molecule has 0 aromatic heterocycles. The number of halogens is 1. The summed E-state index contributed by atoms with van der Waals surface area (Å²) in [6.07, 6.45) is 1.21. The van der Waals surface area contributed by atoms with Crippen LogP contribution in [0.15, 0.2) is 30.3 Å². The number of hydrogen-bond acceptors (Lipinski definition) is 3. The summed E-state index contributed by atoms with van der Waals surface area (Å²) in [5, 5.41) is 0. The van der Waals surface area contributed by atoms with Gasteiger partial charge in [0.15, 0.2) is 0 Å². The lowest BCUT2D eigenvalue weighted by Crippen LogP contribution is -2.21. The summed E-state index contributed by atoms with van der Waals surface area (Å²) < 4.78 is 4.72. The van der Waals surface area contributed by atoms with Crippen LogP contribution in [0.4, 0.5) is 0 Å². The van der Waals surface area contributed by atoms with Crippen molar-refractivity contribution < 1.29 is 14.3 Å². The van der Waals surface area contributed by atoms with E-state index in [4.69, 9.17) is 4.74 Å². The standard InChI is InChI=1S/C16H21BrO3/c1-11(16(19)20-3)9-14(12(2)18)10-15(17)13-7-5-4-6-8-13/h4-8,11,14-15H,9-10H2,1-3H3. The molecule has 1 rings (SSSR count). The quantitative estimate of drug-likeness (QED) is 0.558. The average Bonchev–Trinajstić information content (AvgIpc) is 2.46. The Bertz CT molecular complexity index is 444. The Morgan fingerprint density at radius 1 is 1.20 bits per heavy atom. The van der Waals surface area contributed by atoms with Crippen molar-refractivity contribution in [2.45, 2.75) is 31.5 Å². The van der Waals surface area contributed by atoms with Crippen molar-refractivity contribution in [3.63, 3.8) is 0 Å². The first-order chi connectivity index (χ1) is 9.45. The number of alkyl halides is 1. The van der Waals surface area contributed by atoms with Crippen molar-refractivity contribution >= 4 is 27.7 Å². The maximum Gasteiger partial charge on any atom is 0.308 e. The third kappa shape index (κ3) is 5.08. The van der Waals surface area contributed by atoms with E-state index in [1.54, 1.807) is 13.8 Å². The molecular formula is C16H21BrO3. The van der Waals surface area contributed by atoms with E-state index in [1.165, 1.54) is 7.11 Å². The Morgan fingerprint density at radius 2 is 1.80 bits per heavy atom. The molecule has 0 saturated heterocycles. The summed E-state index contributed by atoms with van der Waals surface area (Å²) in [7, 11) is 1.37. The van der Waals surface area contributed by atoms with E-state index < -0.39 is 0 Å². The molecule has 0 radical (unpaired) electrons. The van der Waals surface area contributed by atoms with Gasteiger partial charge < -0.3 is 4.74 Å². The Hall–Kier alpha value is -1.16. The van der Waals surface area contributed by atoms with Gasteiger partial charge in [0, 0.05) is 10.7 Å². The summed E-state index contributed by atoms with van der Waals surface area (Å²) in [5.74, 6) is -0.554. The molecule has 3 unspecified atom stereocenters. The third-order valence-electron chi connectivity index (χ3n) is 3.47. The van der Waals surface area contributed by atoms with Crippen molar-refractivity contribution in [3.05, 3.63) is 35.9 Å². The van der Waals surface area contributed by atoms with Crippen molar-refractivity contribution in [2.24, 2.45) is 11.8 Å². The summed E-state index contributed by atoms with van der Waals surface area (Å²) in [6.45, 7) is 3.38. The molecule has 0 saturated carbocycles. The fourth-order valence-electron chi connectivity index (χ4n) is 2.20. The van der Waals surface area contributed by atoms with Crippen LogP contribution in [0.3, 0.4) is 0 Å². The number of esters is 1. The lowest BCUT2D eigenvalue weighted by molar-refractivity contribution is -0.145. The minimum atomic E-state index is -0.262. The summed E-state index contributed by atoms with van der Waals surface area (Å²) >= 11 is 3.63. The van der Waals surface area contributed by atoms with Gasteiger partial charge in [-0.2, -0.15) is 0 Å². The molecule has 0 aliphatic rings. The van der Waals surface area contributed by atoms with Crippen molar-refractivity contribution in [1.29, 1.82) is 0 Å². The van der Waals surface area contributed by atoms with E-state index >= 15 is 0 Å². The fraction of sp³-hybridized carbons (Fsp3) is 0.500. The van der Waals surface area contributed by atoms with Crippen LogP contribution in [0.5, 0.6) is 0 Å². The number of Topliss-reactive ketones (excluding diaryl/α,β-unsaturated/α-hetero) is 1. The molecule has 0 aliphatic carbocycles. The first-order valence-corrected chi connectivity index (χ1v) is 7.64. The SMILES string of the molecule is COC(=O)C(C)CC(CC(Br)c1ccccc1)C(C)=O. The number of ketones is 1. The molecule has 4 heteroatoms. The maximum atomic E-state index is 11.8. The van der Waals surface area contributed by atoms with Crippen molar-refractivity contribution in [3.8, 4) is 0 Å². The maximum absolute atomic E-state index is 11.8. The molecule has 1 aromatic carbocycles. The predicted octanol–water partition coefficient (Wildman–Crippen LogP) is 3.92. The van der Waals surface area contributed by atoms with Gasteiger partial charge in [-0.15, -0.1) is 0 Å². The highest BCUT2D eigenvalue weighted by atomic mass is 79.9. The summed E-state index contributed by atoms with van der Waals surface area (Å²) in [5.41, 5.74) is 1.14. The second-order valence-electron chi connectivity index (χ2n) is 5.08. The zero-order valence-electron chi connectivity index (χ0n) is 12.1. The van der Waals surface area contributed by atoms with E-state index in [0.29, 0.717) is 12.8 Å². The molecule has 0 spiro atoms.